The van der Waals surface area contributed by atoms with Crippen molar-refractivity contribution < 1.29 is 18.3 Å². The van der Waals surface area contributed by atoms with Gasteiger partial charge in [-0.25, -0.2) is 8.78 Å². The molecule has 0 amide bonds. The van der Waals surface area contributed by atoms with E-state index in [9.17, 15) is 13.6 Å². The van der Waals surface area contributed by atoms with Crippen molar-refractivity contribution in [3.8, 4) is 0 Å². The monoisotopic (exact) mass is 282 g/mol. The highest BCUT2D eigenvalue weighted by Crippen LogP contribution is 2.34. The molecule has 2 nitrogen and oxygen atoms in total. The fraction of sp³-hybridized carbons (Fsp3) is 0.562. The number of ether oxygens (including phenoxy) is 1. The number of fused-ring (bicyclic) bond motifs is 1. The van der Waals surface area contributed by atoms with E-state index in [4.69, 9.17) is 4.74 Å². The largest absolute Gasteiger partial charge is 0.375 e. The maximum absolute atomic E-state index is 11.9. The zero-order chi connectivity index (χ0) is 14.4. The lowest BCUT2D eigenvalue weighted by Gasteiger charge is -2.24. The van der Waals surface area contributed by atoms with Crippen molar-refractivity contribution >= 4 is 5.78 Å². The third kappa shape index (κ3) is 4.37. The number of halogens is 2. The van der Waals surface area contributed by atoms with Gasteiger partial charge < -0.3 is 4.74 Å². The van der Waals surface area contributed by atoms with Crippen molar-refractivity contribution in [3.63, 3.8) is 0 Å². The summed E-state index contributed by atoms with van der Waals surface area (Å²) in [4.78, 5) is 11.9. The van der Waals surface area contributed by atoms with Crippen molar-refractivity contribution in [2.75, 3.05) is 13.2 Å². The van der Waals surface area contributed by atoms with E-state index in [1.54, 1.807) is 0 Å². The Kier molecular flexibility index (Phi) is 5.65. The lowest BCUT2D eigenvalue weighted by atomic mass is 9.80. The van der Waals surface area contributed by atoms with Crippen LogP contribution in [0, 0.1) is 0 Å². The first-order valence-electron chi connectivity index (χ1n) is 7.12. The number of Topliss-reactive ketones (excluding diaryl/α,β-unsaturated/α-hetero) is 1. The Balaban J connectivity index is 1.80. The molecule has 1 aliphatic rings. The number of carbonyl (C=O) groups is 1. The molecule has 0 spiro atoms. The van der Waals surface area contributed by atoms with Crippen molar-refractivity contribution in [3.05, 3.63) is 35.4 Å². The van der Waals surface area contributed by atoms with Crippen molar-refractivity contribution in [1.82, 2.24) is 0 Å². The Morgan fingerprint density at radius 3 is 2.95 bits per heavy atom. The first-order chi connectivity index (χ1) is 9.66. The van der Waals surface area contributed by atoms with Gasteiger partial charge in [0.15, 0.2) is 0 Å². The van der Waals surface area contributed by atoms with Gasteiger partial charge >= 0.3 is 0 Å². The lowest BCUT2D eigenvalue weighted by Crippen LogP contribution is -2.15. The van der Waals surface area contributed by atoms with Gasteiger partial charge in [-0.15, -0.1) is 0 Å². The molecule has 0 saturated carbocycles. The van der Waals surface area contributed by atoms with Gasteiger partial charge in [0.05, 0.1) is 6.61 Å². The molecule has 2 rings (SSSR count). The average molecular weight is 282 g/mol. The molecule has 1 unspecified atom stereocenters. The van der Waals surface area contributed by atoms with Crippen LogP contribution >= 0.6 is 0 Å². The number of alkyl halides is 2. The Labute approximate surface area is 118 Å². The molecule has 0 bridgehead atoms. The van der Waals surface area contributed by atoms with Crippen LogP contribution < -0.4 is 0 Å². The number of benzene rings is 1. The van der Waals surface area contributed by atoms with E-state index in [0.29, 0.717) is 6.42 Å². The standard InChI is InChI=1S/C16H20F2O2/c17-16(18)11-20-9-8-14(19)10-13-6-3-5-12-4-1-2-7-15(12)13/h1-2,4,7,13,16H,3,5-6,8-11H2. The van der Waals surface area contributed by atoms with Gasteiger partial charge in [0.25, 0.3) is 6.43 Å². The molecule has 0 aromatic heterocycles. The topological polar surface area (TPSA) is 26.3 Å². The Hall–Kier alpha value is -1.29. The van der Waals surface area contributed by atoms with Crippen LogP contribution in [0.5, 0.6) is 0 Å². The summed E-state index contributed by atoms with van der Waals surface area (Å²) in [5.74, 6) is 0.378. The molecular weight excluding hydrogens is 262 g/mol. The average Bonchev–Trinajstić information content (AvgIpc) is 2.44. The van der Waals surface area contributed by atoms with Gasteiger partial charge in [0.2, 0.25) is 0 Å². The molecule has 110 valence electrons. The minimum Gasteiger partial charge on any atom is -0.375 e. The van der Waals surface area contributed by atoms with Crippen LogP contribution in [0.25, 0.3) is 0 Å². The summed E-state index contributed by atoms with van der Waals surface area (Å²) in [6.45, 7) is -0.489. The zero-order valence-corrected chi connectivity index (χ0v) is 11.5. The predicted molar refractivity (Wildman–Crippen MR) is 73.2 cm³/mol. The van der Waals surface area contributed by atoms with E-state index in [2.05, 4.69) is 12.1 Å². The van der Waals surface area contributed by atoms with Crippen LogP contribution in [0.4, 0.5) is 8.78 Å². The minimum atomic E-state index is -2.46. The molecular formula is C16H20F2O2. The van der Waals surface area contributed by atoms with Crippen molar-refractivity contribution in [2.24, 2.45) is 0 Å². The molecule has 1 aromatic rings. The Morgan fingerprint density at radius 1 is 1.35 bits per heavy atom. The molecule has 20 heavy (non-hydrogen) atoms. The van der Waals surface area contributed by atoms with Crippen LogP contribution in [-0.2, 0) is 16.0 Å². The molecule has 0 aliphatic heterocycles. The highest BCUT2D eigenvalue weighted by molar-refractivity contribution is 5.79. The van der Waals surface area contributed by atoms with E-state index < -0.39 is 13.0 Å². The van der Waals surface area contributed by atoms with Gasteiger partial charge in [-0.2, -0.15) is 0 Å². The number of rotatable bonds is 7. The summed E-state index contributed by atoms with van der Waals surface area (Å²) in [7, 11) is 0. The van der Waals surface area contributed by atoms with E-state index in [1.807, 2.05) is 12.1 Å². The number of aryl methyl sites for hydroxylation is 1. The summed E-state index contributed by atoms with van der Waals surface area (Å²) in [5.41, 5.74) is 2.62. The first kappa shape index (κ1) is 15.1. The third-order valence-electron chi connectivity index (χ3n) is 3.74. The summed E-state index contributed by atoms with van der Waals surface area (Å²) >= 11 is 0. The Morgan fingerprint density at radius 2 is 2.15 bits per heavy atom. The highest BCUT2D eigenvalue weighted by atomic mass is 19.3. The van der Waals surface area contributed by atoms with E-state index in [-0.39, 0.29) is 24.7 Å². The van der Waals surface area contributed by atoms with E-state index in [0.717, 1.165) is 19.3 Å². The second-order valence-electron chi connectivity index (χ2n) is 5.25. The number of hydrogen-bond acceptors (Lipinski definition) is 2. The normalized spacial score (nSPS) is 18.1. The SMILES string of the molecule is O=C(CCOCC(F)F)CC1CCCc2ccccc21. The summed E-state index contributed by atoms with van der Waals surface area (Å²) in [6.07, 6.45) is 1.48. The smallest absolute Gasteiger partial charge is 0.261 e. The predicted octanol–water partition coefficient (Wildman–Crippen LogP) is 3.74. The number of carbonyl (C=O) groups excluding carboxylic acids is 1. The molecule has 0 saturated heterocycles. The van der Waals surface area contributed by atoms with Gasteiger partial charge in [-0.05, 0) is 36.3 Å². The first-order valence-corrected chi connectivity index (χ1v) is 7.12. The summed E-state index contributed by atoms with van der Waals surface area (Å²) in [5, 5.41) is 0. The van der Waals surface area contributed by atoms with Crippen LogP contribution in [0.15, 0.2) is 24.3 Å². The number of ketones is 1. The van der Waals surface area contributed by atoms with E-state index in [1.165, 1.54) is 11.1 Å². The lowest BCUT2D eigenvalue weighted by molar-refractivity contribution is -0.121. The zero-order valence-electron chi connectivity index (χ0n) is 11.5. The molecule has 1 aliphatic carbocycles. The molecule has 1 atom stereocenters. The highest BCUT2D eigenvalue weighted by Gasteiger charge is 2.22. The number of hydrogen-bond donors (Lipinski definition) is 0. The quantitative estimate of drug-likeness (QED) is 0.712. The van der Waals surface area contributed by atoms with E-state index >= 15 is 0 Å². The second-order valence-corrected chi connectivity index (χ2v) is 5.25. The van der Waals surface area contributed by atoms with Crippen LogP contribution in [0.2, 0.25) is 0 Å². The second kappa shape index (κ2) is 7.48. The molecule has 0 N–H and O–H groups in total. The fourth-order valence-electron chi connectivity index (χ4n) is 2.80. The molecule has 0 fully saturated rings. The summed E-state index contributed by atoms with van der Waals surface area (Å²) in [6, 6.07) is 8.26. The third-order valence-corrected chi connectivity index (χ3v) is 3.74. The van der Waals surface area contributed by atoms with Crippen LogP contribution in [0.1, 0.15) is 42.7 Å². The van der Waals surface area contributed by atoms with Crippen molar-refractivity contribution in [2.45, 2.75) is 44.4 Å². The van der Waals surface area contributed by atoms with Gasteiger partial charge in [0, 0.05) is 12.8 Å². The Bertz CT molecular complexity index is 446. The minimum absolute atomic E-state index is 0.0948. The molecule has 4 heteroatoms. The molecule has 0 radical (unpaired) electrons. The van der Waals surface area contributed by atoms with Crippen LogP contribution in [0.3, 0.4) is 0 Å². The van der Waals surface area contributed by atoms with Gasteiger partial charge in [-0.3, -0.25) is 4.79 Å². The fourth-order valence-corrected chi connectivity index (χ4v) is 2.80. The summed E-state index contributed by atoms with van der Waals surface area (Å²) < 4.78 is 28.5. The van der Waals surface area contributed by atoms with Gasteiger partial charge in [-0.1, -0.05) is 24.3 Å². The van der Waals surface area contributed by atoms with Gasteiger partial charge in [0.1, 0.15) is 12.4 Å². The maximum atomic E-state index is 11.9. The van der Waals surface area contributed by atoms with Crippen molar-refractivity contribution in [1.29, 1.82) is 0 Å². The molecule has 1 aromatic carbocycles. The molecule has 0 heterocycles. The van der Waals surface area contributed by atoms with Crippen LogP contribution in [-0.4, -0.2) is 25.4 Å². The maximum Gasteiger partial charge on any atom is 0.261 e.